The lowest BCUT2D eigenvalue weighted by molar-refractivity contribution is -0.00880. The van der Waals surface area contributed by atoms with Gasteiger partial charge in [0, 0.05) is 6.54 Å². The SMILES string of the molecule is C=C1CC(C(C)(O)CN)C1. The second-order valence-corrected chi connectivity index (χ2v) is 3.42. The van der Waals surface area contributed by atoms with Crippen LogP contribution in [0.4, 0.5) is 0 Å². The summed E-state index contributed by atoms with van der Waals surface area (Å²) in [4.78, 5) is 0. The van der Waals surface area contributed by atoms with Gasteiger partial charge in [0.2, 0.25) is 0 Å². The van der Waals surface area contributed by atoms with Gasteiger partial charge < -0.3 is 10.8 Å². The zero-order valence-electron chi connectivity index (χ0n) is 6.43. The molecule has 1 unspecified atom stereocenters. The predicted octanol–water partition coefficient (Wildman–Crippen LogP) is 0.662. The molecule has 0 heterocycles. The fourth-order valence-electron chi connectivity index (χ4n) is 1.24. The highest BCUT2D eigenvalue weighted by Crippen LogP contribution is 2.38. The average Bonchev–Trinajstić information content (AvgIpc) is 1.81. The first-order valence-electron chi connectivity index (χ1n) is 3.65. The average molecular weight is 141 g/mol. The largest absolute Gasteiger partial charge is 0.389 e. The first-order valence-corrected chi connectivity index (χ1v) is 3.65. The van der Waals surface area contributed by atoms with E-state index in [-0.39, 0.29) is 0 Å². The summed E-state index contributed by atoms with van der Waals surface area (Å²) in [5.74, 6) is 0.352. The molecule has 2 heteroatoms. The van der Waals surface area contributed by atoms with E-state index >= 15 is 0 Å². The molecule has 1 rings (SSSR count). The maximum atomic E-state index is 9.59. The normalized spacial score (nSPS) is 25.7. The molecule has 0 aromatic heterocycles. The highest BCUT2D eigenvalue weighted by Gasteiger charge is 2.36. The molecule has 2 nitrogen and oxygen atoms in total. The van der Waals surface area contributed by atoms with Gasteiger partial charge in [-0.3, -0.25) is 0 Å². The third kappa shape index (κ3) is 1.22. The minimum absolute atomic E-state index is 0.352. The summed E-state index contributed by atoms with van der Waals surface area (Å²) >= 11 is 0. The Bertz CT molecular complexity index is 143. The van der Waals surface area contributed by atoms with Crippen molar-refractivity contribution in [1.82, 2.24) is 0 Å². The maximum Gasteiger partial charge on any atom is 0.0775 e. The van der Waals surface area contributed by atoms with Crippen molar-refractivity contribution >= 4 is 0 Å². The molecule has 0 saturated heterocycles. The summed E-state index contributed by atoms with van der Waals surface area (Å²) in [6.07, 6.45) is 1.90. The summed E-state index contributed by atoms with van der Waals surface area (Å²) in [7, 11) is 0. The van der Waals surface area contributed by atoms with Gasteiger partial charge in [-0.2, -0.15) is 0 Å². The van der Waals surface area contributed by atoms with Crippen LogP contribution < -0.4 is 5.73 Å². The van der Waals surface area contributed by atoms with Crippen LogP contribution >= 0.6 is 0 Å². The molecule has 0 bridgehead atoms. The first kappa shape index (κ1) is 7.76. The number of hydrogen-bond donors (Lipinski definition) is 2. The number of aliphatic hydroxyl groups is 1. The van der Waals surface area contributed by atoms with Crippen LogP contribution in [0.25, 0.3) is 0 Å². The van der Waals surface area contributed by atoms with E-state index in [4.69, 9.17) is 5.73 Å². The standard InChI is InChI=1S/C8H15NO/c1-6-3-7(4-6)8(2,10)5-9/h7,10H,1,3-5,9H2,2H3. The summed E-state index contributed by atoms with van der Waals surface area (Å²) < 4.78 is 0. The van der Waals surface area contributed by atoms with Crippen molar-refractivity contribution in [3.63, 3.8) is 0 Å². The van der Waals surface area contributed by atoms with Crippen LogP contribution in [0.5, 0.6) is 0 Å². The zero-order chi connectivity index (χ0) is 7.78. The van der Waals surface area contributed by atoms with Gasteiger partial charge in [-0.25, -0.2) is 0 Å². The Morgan fingerprint density at radius 2 is 2.30 bits per heavy atom. The van der Waals surface area contributed by atoms with Crippen LogP contribution in [-0.4, -0.2) is 17.3 Å². The van der Waals surface area contributed by atoms with Crippen LogP contribution in [0.2, 0.25) is 0 Å². The van der Waals surface area contributed by atoms with E-state index in [2.05, 4.69) is 6.58 Å². The monoisotopic (exact) mass is 141 g/mol. The Morgan fingerprint density at radius 3 is 2.60 bits per heavy atom. The summed E-state index contributed by atoms with van der Waals surface area (Å²) in [6, 6.07) is 0. The van der Waals surface area contributed by atoms with Gasteiger partial charge in [0.1, 0.15) is 0 Å². The summed E-state index contributed by atoms with van der Waals surface area (Å²) in [5.41, 5.74) is 5.95. The molecule has 1 aliphatic rings. The quantitative estimate of drug-likeness (QED) is 0.555. The molecule has 10 heavy (non-hydrogen) atoms. The van der Waals surface area contributed by atoms with Crippen LogP contribution in [0.3, 0.4) is 0 Å². The maximum absolute atomic E-state index is 9.59. The van der Waals surface area contributed by atoms with Gasteiger partial charge in [0.25, 0.3) is 0 Å². The van der Waals surface area contributed by atoms with E-state index in [0.717, 1.165) is 12.8 Å². The second-order valence-electron chi connectivity index (χ2n) is 3.42. The molecular weight excluding hydrogens is 126 g/mol. The molecule has 1 fully saturated rings. The van der Waals surface area contributed by atoms with E-state index in [1.807, 2.05) is 0 Å². The number of allylic oxidation sites excluding steroid dienone is 1. The molecule has 0 amide bonds. The lowest BCUT2D eigenvalue weighted by Crippen LogP contribution is -2.45. The topological polar surface area (TPSA) is 46.2 Å². The van der Waals surface area contributed by atoms with Crippen LogP contribution in [0.15, 0.2) is 12.2 Å². The molecule has 58 valence electrons. The van der Waals surface area contributed by atoms with Gasteiger partial charge in [-0.1, -0.05) is 12.2 Å². The molecular formula is C8H15NO. The first-order chi connectivity index (χ1) is 4.56. The van der Waals surface area contributed by atoms with Crippen molar-refractivity contribution in [2.24, 2.45) is 11.7 Å². The lowest BCUT2D eigenvalue weighted by atomic mass is 9.71. The van der Waals surface area contributed by atoms with Crippen molar-refractivity contribution in [3.8, 4) is 0 Å². The van der Waals surface area contributed by atoms with Crippen LogP contribution in [0.1, 0.15) is 19.8 Å². The Hall–Kier alpha value is -0.340. The van der Waals surface area contributed by atoms with Crippen molar-refractivity contribution in [1.29, 1.82) is 0 Å². The second kappa shape index (κ2) is 2.36. The van der Waals surface area contributed by atoms with Gasteiger partial charge in [0.05, 0.1) is 5.60 Å². The Balaban J connectivity index is 2.43. The fourth-order valence-corrected chi connectivity index (χ4v) is 1.24. The van der Waals surface area contributed by atoms with Gasteiger partial charge in [0.15, 0.2) is 0 Å². The molecule has 1 saturated carbocycles. The van der Waals surface area contributed by atoms with Gasteiger partial charge >= 0.3 is 0 Å². The molecule has 0 spiro atoms. The molecule has 0 radical (unpaired) electrons. The fraction of sp³-hybridized carbons (Fsp3) is 0.750. The summed E-state index contributed by atoms with van der Waals surface area (Å²) in [6.45, 7) is 5.95. The third-order valence-corrected chi connectivity index (χ3v) is 2.36. The highest BCUT2D eigenvalue weighted by molar-refractivity contribution is 5.12. The number of rotatable bonds is 2. The Labute approximate surface area is 61.7 Å². The smallest absolute Gasteiger partial charge is 0.0775 e. The Kier molecular flexibility index (Phi) is 1.84. The van der Waals surface area contributed by atoms with Crippen LogP contribution in [-0.2, 0) is 0 Å². The van der Waals surface area contributed by atoms with Crippen molar-refractivity contribution in [2.45, 2.75) is 25.4 Å². The van der Waals surface area contributed by atoms with E-state index in [1.165, 1.54) is 5.57 Å². The predicted molar refractivity (Wildman–Crippen MR) is 41.5 cm³/mol. The highest BCUT2D eigenvalue weighted by atomic mass is 16.3. The zero-order valence-corrected chi connectivity index (χ0v) is 6.43. The van der Waals surface area contributed by atoms with E-state index in [9.17, 15) is 5.11 Å². The molecule has 3 N–H and O–H groups in total. The molecule has 1 aliphatic carbocycles. The van der Waals surface area contributed by atoms with Gasteiger partial charge in [-0.05, 0) is 25.7 Å². The molecule has 0 aliphatic heterocycles. The number of hydrogen-bond acceptors (Lipinski definition) is 2. The third-order valence-electron chi connectivity index (χ3n) is 2.36. The minimum atomic E-state index is -0.665. The van der Waals surface area contributed by atoms with Gasteiger partial charge in [-0.15, -0.1) is 0 Å². The van der Waals surface area contributed by atoms with E-state index < -0.39 is 5.60 Å². The lowest BCUT2D eigenvalue weighted by Gasteiger charge is -2.39. The summed E-state index contributed by atoms with van der Waals surface area (Å²) in [5, 5.41) is 9.59. The van der Waals surface area contributed by atoms with E-state index in [0.29, 0.717) is 12.5 Å². The number of nitrogens with two attached hydrogens (primary N) is 1. The van der Waals surface area contributed by atoms with Crippen molar-refractivity contribution in [2.75, 3.05) is 6.54 Å². The minimum Gasteiger partial charge on any atom is -0.389 e. The van der Waals surface area contributed by atoms with Crippen molar-refractivity contribution in [3.05, 3.63) is 12.2 Å². The molecule has 1 atom stereocenters. The molecule has 0 aromatic rings. The van der Waals surface area contributed by atoms with Crippen LogP contribution in [0, 0.1) is 5.92 Å². The van der Waals surface area contributed by atoms with E-state index in [1.54, 1.807) is 6.92 Å². The molecule has 0 aromatic carbocycles. The Morgan fingerprint density at radius 1 is 1.80 bits per heavy atom. The van der Waals surface area contributed by atoms with Crippen molar-refractivity contribution < 1.29 is 5.11 Å².